The molecule has 9 nitrogen and oxygen atoms in total. The van der Waals surface area contributed by atoms with E-state index >= 15 is 8.78 Å². The molecule has 0 bridgehead atoms. The molecule has 4 fully saturated rings. The third-order valence-electron chi connectivity index (χ3n) is 10.3. The number of rotatable bonds is 5. The molecule has 2 aromatic carbocycles. The zero-order valence-electron chi connectivity index (χ0n) is 25.0. The maximum Gasteiger partial charge on any atom is 0.319 e. The fraction of sp³-hybridized carbons (Fsp3) is 0.455. The van der Waals surface area contributed by atoms with Crippen molar-refractivity contribution in [3.8, 4) is 23.0 Å². The highest BCUT2D eigenvalue weighted by molar-refractivity contribution is 6.00. The number of phenolic OH excluding ortho intramolecular Hbond substituents is 1. The normalized spacial score (nSPS) is 26.4. The van der Waals surface area contributed by atoms with Gasteiger partial charge in [-0.3, -0.25) is 14.7 Å². The van der Waals surface area contributed by atoms with E-state index in [0.717, 1.165) is 44.4 Å². The molecule has 6 heterocycles. The number of carbonyl (C=O) groups excluding carboxylic acids is 1. The molecule has 0 radical (unpaired) electrons. The molecule has 1 spiro atoms. The van der Waals surface area contributed by atoms with Crippen LogP contribution in [0.2, 0.25) is 0 Å². The smallest absolute Gasteiger partial charge is 0.319 e. The number of aromatic hydroxyl groups is 1. The zero-order valence-corrected chi connectivity index (χ0v) is 25.0. The fourth-order valence-electron chi connectivity index (χ4n) is 8.16. The molecule has 1 unspecified atom stereocenters. The van der Waals surface area contributed by atoms with Crippen LogP contribution in [0.5, 0.6) is 11.8 Å². The molecule has 3 atom stereocenters. The maximum absolute atomic E-state index is 16.7. The number of anilines is 1. The van der Waals surface area contributed by atoms with Gasteiger partial charge in [0.15, 0.2) is 17.5 Å². The van der Waals surface area contributed by atoms with E-state index in [4.69, 9.17) is 9.72 Å². The highest BCUT2D eigenvalue weighted by Gasteiger charge is 2.49. The Morgan fingerprint density at radius 3 is 2.76 bits per heavy atom. The van der Waals surface area contributed by atoms with Crippen molar-refractivity contribution in [2.45, 2.75) is 50.2 Å². The third-order valence-corrected chi connectivity index (χ3v) is 10.3. The molecule has 0 saturated carbocycles. The summed E-state index contributed by atoms with van der Waals surface area (Å²) < 4.78 is 66.8. The van der Waals surface area contributed by atoms with Gasteiger partial charge < -0.3 is 20.1 Å². The lowest BCUT2D eigenvalue weighted by atomic mass is 9.79. The van der Waals surface area contributed by atoms with Gasteiger partial charge in [0.25, 0.3) is 0 Å². The SMILES string of the molecule is O=C1CC2(CCCN(c3nc(OC[C@@]45CCCN4C[C@H](F)C5)nc4c(F)c(-c5cc(O)cc6ccc(F)c(F)c56)ncc34)C2)CN1. The van der Waals surface area contributed by atoms with E-state index in [9.17, 15) is 18.7 Å². The third kappa shape index (κ3) is 4.69. The molecule has 13 heteroatoms. The number of aromatic nitrogens is 3. The number of piperidine rings is 1. The molecule has 2 N–H and O–H groups in total. The Labute approximate surface area is 261 Å². The maximum atomic E-state index is 16.7. The average Bonchev–Trinajstić information content (AvgIpc) is 3.68. The topological polar surface area (TPSA) is 104 Å². The van der Waals surface area contributed by atoms with Gasteiger partial charge in [0, 0.05) is 61.6 Å². The summed E-state index contributed by atoms with van der Waals surface area (Å²) >= 11 is 0. The van der Waals surface area contributed by atoms with E-state index < -0.39 is 29.2 Å². The van der Waals surface area contributed by atoms with Crippen molar-refractivity contribution >= 4 is 33.4 Å². The number of fused-ring (bicyclic) bond motifs is 3. The Morgan fingerprint density at radius 2 is 1.93 bits per heavy atom. The van der Waals surface area contributed by atoms with Gasteiger partial charge in [0.05, 0.1) is 10.9 Å². The lowest BCUT2D eigenvalue weighted by Crippen LogP contribution is -2.45. The number of carbonyl (C=O) groups is 1. The van der Waals surface area contributed by atoms with Crippen LogP contribution < -0.4 is 15.0 Å². The van der Waals surface area contributed by atoms with E-state index in [0.29, 0.717) is 44.8 Å². The molecule has 46 heavy (non-hydrogen) atoms. The number of ether oxygens (including phenoxy) is 1. The van der Waals surface area contributed by atoms with Gasteiger partial charge >= 0.3 is 6.01 Å². The van der Waals surface area contributed by atoms with Crippen LogP contribution in [0.25, 0.3) is 32.9 Å². The van der Waals surface area contributed by atoms with Gasteiger partial charge in [0.2, 0.25) is 5.91 Å². The van der Waals surface area contributed by atoms with Gasteiger partial charge in [-0.25, -0.2) is 17.6 Å². The molecule has 4 saturated heterocycles. The van der Waals surface area contributed by atoms with Crippen LogP contribution in [0.15, 0.2) is 30.5 Å². The molecule has 4 aromatic rings. The molecule has 4 aliphatic rings. The number of halogens is 4. The number of pyridine rings is 1. The van der Waals surface area contributed by atoms with Gasteiger partial charge in [0.1, 0.15) is 35.6 Å². The molecule has 0 aliphatic carbocycles. The number of phenols is 1. The number of nitrogens with zero attached hydrogens (tertiary/aromatic N) is 5. The highest BCUT2D eigenvalue weighted by Crippen LogP contribution is 2.43. The average molecular weight is 637 g/mol. The number of amides is 1. The lowest BCUT2D eigenvalue weighted by Gasteiger charge is -2.40. The van der Waals surface area contributed by atoms with Gasteiger partial charge in [-0.1, -0.05) is 6.07 Å². The summed E-state index contributed by atoms with van der Waals surface area (Å²) in [5.41, 5.74) is -1.40. The number of benzene rings is 2. The molecule has 4 aliphatic heterocycles. The van der Waals surface area contributed by atoms with Crippen molar-refractivity contribution in [3.63, 3.8) is 0 Å². The van der Waals surface area contributed by atoms with Crippen LogP contribution in [-0.2, 0) is 4.79 Å². The molecule has 8 rings (SSSR count). The first-order valence-corrected chi connectivity index (χ1v) is 15.6. The Morgan fingerprint density at radius 1 is 1.09 bits per heavy atom. The van der Waals surface area contributed by atoms with Crippen molar-refractivity contribution in [1.29, 1.82) is 0 Å². The number of nitrogens with one attached hydrogen (secondary N) is 1. The Hall–Kier alpha value is -4.26. The molecule has 2 aromatic heterocycles. The van der Waals surface area contributed by atoms with Crippen LogP contribution in [0.4, 0.5) is 23.4 Å². The molecule has 240 valence electrons. The van der Waals surface area contributed by atoms with E-state index in [1.54, 1.807) is 0 Å². The number of hydrogen-bond acceptors (Lipinski definition) is 8. The summed E-state index contributed by atoms with van der Waals surface area (Å²) in [6.45, 7) is 2.85. The summed E-state index contributed by atoms with van der Waals surface area (Å²) in [6, 6.07) is 4.54. The first-order chi connectivity index (χ1) is 22.1. The summed E-state index contributed by atoms with van der Waals surface area (Å²) in [6.07, 6.45) is 4.45. The number of hydrogen-bond donors (Lipinski definition) is 2. The largest absolute Gasteiger partial charge is 0.508 e. The minimum Gasteiger partial charge on any atom is -0.508 e. The van der Waals surface area contributed by atoms with Crippen LogP contribution in [0.3, 0.4) is 0 Å². The second-order valence-electron chi connectivity index (χ2n) is 13.3. The van der Waals surface area contributed by atoms with Gasteiger partial charge in [-0.05, 0) is 55.8 Å². The van der Waals surface area contributed by atoms with E-state index in [1.165, 1.54) is 18.3 Å². The second kappa shape index (κ2) is 10.6. The summed E-state index contributed by atoms with van der Waals surface area (Å²) in [5.74, 6) is -3.14. The molecular formula is C33H32F4N6O3. The van der Waals surface area contributed by atoms with Crippen molar-refractivity contribution in [2.75, 3.05) is 44.2 Å². The Kier molecular flexibility index (Phi) is 6.75. The summed E-state index contributed by atoms with van der Waals surface area (Å²) in [5, 5.41) is 13.6. The lowest BCUT2D eigenvalue weighted by molar-refractivity contribution is -0.119. The highest BCUT2D eigenvalue weighted by atomic mass is 19.2. The minimum atomic E-state index is -1.19. The number of alkyl halides is 1. The predicted molar refractivity (Wildman–Crippen MR) is 162 cm³/mol. The van der Waals surface area contributed by atoms with Crippen molar-refractivity contribution in [3.05, 3.63) is 47.9 Å². The van der Waals surface area contributed by atoms with E-state index in [2.05, 4.69) is 20.2 Å². The zero-order chi connectivity index (χ0) is 31.8. The summed E-state index contributed by atoms with van der Waals surface area (Å²) in [7, 11) is 0. The van der Waals surface area contributed by atoms with Crippen LogP contribution in [0.1, 0.15) is 38.5 Å². The molecule has 1 amide bonds. The minimum absolute atomic E-state index is 0.0131. The predicted octanol–water partition coefficient (Wildman–Crippen LogP) is 5.03. The van der Waals surface area contributed by atoms with E-state index in [-0.39, 0.29) is 62.6 Å². The van der Waals surface area contributed by atoms with Crippen LogP contribution in [0, 0.1) is 22.9 Å². The first-order valence-electron chi connectivity index (χ1n) is 15.6. The monoisotopic (exact) mass is 636 g/mol. The quantitative estimate of drug-likeness (QED) is 0.294. The Bertz CT molecular complexity index is 1910. The van der Waals surface area contributed by atoms with E-state index in [1.807, 2.05) is 4.90 Å². The van der Waals surface area contributed by atoms with Crippen molar-refractivity contribution in [1.82, 2.24) is 25.2 Å². The summed E-state index contributed by atoms with van der Waals surface area (Å²) in [4.78, 5) is 29.8. The van der Waals surface area contributed by atoms with Crippen molar-refractivity contribution in [2.24, 2.45) is 5.41 Å². The Balaban J connectivity index is 1.26. The van der Waals surface area contributed by atoms with Gasteiger partial charge in [-0.2, -0.15) is 9.97 Å². The second-order valence-corrected chi connectivity index (χ2v) is 13.3. The van der Waals surface area contributed by atoms with Crippen LogP contribution >= 0.6 is 0 Å². The standard InChI is InChI=1S/C33H32F4N6O3/c34-19-11-33(6-2-8-43(33)14-19)17-46-31-40-29-22(30(41-31)42-7-1-5-32(16-42)12-24(45)39-15-32)13-38-28(27(29)37)21-10-20(44)9-18-3-4-23(35)26(36)25(18)21/h3-4,9-10,13,19,44H,1-2,5-8,11-12,14-17H2,(H,39,45)/t19-,32?,33+/m1/s1. The van der Waals surface area contributed by atoms with Crippen molar-refractivity contribution < 1.29 is 32.2 Å². The fourth-order valence-corrected chi connectivity index (χ4v) is 8.16. The molecular weight excluding hydrogens is 604 g/mol. The first kappa shape index (κ1) is 29.2. The van der Waals surface area contributed by atoms with Gasteiger partial charge in [-0.15, -0.1) is 0 Å². The van der Waals surface area contributed by atoms with Crippen LogP contribution in [-0.4, -0.2) is 81.9 Å².